The van der Waals surface area contributed by atoms with Crippen LogP contribution in [0.15, 0.2) is 0 Å². The van der Waals surface area contributed by atoms with Gasteiger partial charge in [0, 0.05) is 25.7 Å². The molecule has 1 aliphatic carbocycles. The number of rotatable bonds is 8. The van der Waals surface area contributed by atoms with Gasteiger partial charge in [-0.05, 0) is 45.1 Å². The first-order chi connectivity index (χ1) is 9.55. The Hall–Kier alpha value is -0.160. The third-order valence-corrected chi connectivity index (χ3v) is 4.56. The number of aliphatic hydroxyl groups is 1. The molecule has 20 heavy (non-hydrogen) atoms. The van der Waals surface area contributed by atoms with Crippen LogP contribution in [0.3, 0.4) is 0 Å². The maximum atomic E-state index is 9.97. The fourth-order valence-corrected chi connectivity index (χ4v) is 3.57. The minimum absolute atomic E-state index is 0.127. The van der Waals surface area contributed by atoms with Gasteiger partial charge in [0.15, 0.2) is 0 Å². The molecular weight excluding hydrogens is 252 g/mol. The van der Waals surface area contributed by atoms with E-state index >= 15 is 0 Å². The molecule has 0 spiro atoms. The molecule has 2 fully saturated rings. The average Bonchev–Trinajstić information content (AvgIpc) is 3.23. The molecule has 0 amide bonds. The Morgan fingerprint density at radius 2 is 2.05 bits per heavy atom. The molecule has 0 bridgehead atoms. The van der Waals surface area contributed by atoms with Gasteiger partial charge in [-0.25, -0.2) is 0 Å². The van der Waals surface area contributed by atoms with Crippen molar-refractivity contribution in [2.75, 3.05) is 33.4 Å². The van der Waals surface area contributed by atoms with Gasteiger partial charge < -0.3 is 20.1 Å². The molecule has 2 atom stereocenters. The van der Waals surface area contributed by atoms with Crippen LogP contribution in [0.5, 0.6) is 0 Å². The second kappa shape index (κ2) is 7.21. The van der Waals surface area contributed by atoms with E-state index in [0.29, 0.717) is 18.1 Å². The standard InChI is InChI=1S/C16H32N2O2/c1-13(2)17-16(12-19,14-7-8-14)11-18(3)10-15-6-4-5-9-20-15/h13-15,17,19H,4-12H2,1-3H3. The molecule has 2 N–H and O–H groups in total. The molecule has 118 valence electrons. The van der Waals surface area contributed by atoms with Crippen LogP contribution in [0.4, 0.5) is 0 Å². The van der Waals surface area contributed by atoms with Crippen molar-refractivity contribution >= 4 is 0 Å². The summed E-state index contributed by atoms with van der Waals surface area (Å²) in [4.78, 5) is 2.35. The van der Waals surface area contributed by atoms with E-state index in [-0.39, 0.29) is 12.1 Å². The minimum atomic E-state index is -0.127. The fourth-order valence-electron chi connectivity index (χ4n) is 3.57. The van der Waals surface area contributed by atoms with Crippen LogP contribution in [0, 0.1) is 5.92 Å². The Labute approximate surface area is 123 Å². The second-order valence-corrected chi connectivity index (χ2v) is 7.07. The zero-order chi connectivity index (χ0) is 14.6. The summed E-state index contributed by atoms with van der Waals surface area (Å²) >= 11 is 0. The first kappa shape index (κ1) is 16.2. The zero-order valence-electron chi connectivity index (χ0n) is 13.4. The first-order valence-corrected chi connectivity index (χ1v) is 8.24. The number of nitrogens with zero attached hydrogens (tertiary/aromatic N) is 1. The van der Waals surface area contributed by atoms with Crippen LogP contribution in [0.25, 0.3) is 0 Å². The molecule has 1 saturated carbocycles. The Balaban J connectivity index is 1.88. The highest BCUT2D eigenvalue weighted by Gasteiger charge is 2.45. The summed E-state index contributed by atoms with van der Waals surface area (Å²) < 4.78 is 5.83. The van der Waals surface area contributed by atoms with Gasteiger partial charge >= 0.3 is 0 Å². The lowest BCUT2D eigenvalue weighted by atomic mass is 9.92. The molecule has 2 rings (SSSR count). The average molecular weight is 284 g/mol. The van der Waals surface area contributed by atoms with Crippen LogP contribution in [-0.2, 0) is 4.74 Å². The van der Waals surface area contributed by atoms with Crippen LogP contribution < -0.4 is 5.32 Å². The van der Waals surface area contributed by atoms with Crippen LogP contribution in [0.1, 0.15) is 46.0 Å². The monoisotopic (exact) mass is 284 g/mol. The van der Waals surface area contributed by atoms with Crippen molar-refractivity contribution in [3.8, 4) is 0 Å². The van der Waals surface area contributed by atoms with Crippen LogP contribution >= 0.6 is 0 Å². The summed E-state index contributed by atoms with van der Waals surface area (Å²) in [5.41, 5.74) is -0.127. The van der Waals surface area contributed by atoms with E-state index in [2.05, 4.69) is 31.1 Å². The largest absolute Gasteiger partial charge is 0.394 e. The summed E-state index contributed by atoms with van der Waals surface area (Å²) in [5, 5.41) is 13.6. The lowest BCUT2D eigenvalue weighted by Gasteiger charge is -2.40. The van der Waals surface area contributed by atoms with Crippen LogP contribution in [0.2, 0.25) is 0 Å². The van der Waals surface area contributed by atoms with Gasteiger partial charge in [0.1, 0.15) is 0 Å². The van der Waals surface area contributed by atoms with Gasteiger partial charge in [0.05, 0.1) is 18.2 Å². The molecule has 4 nitrogen and oxygen atoms in total. The lowest BCUT2D eigenvalue weighted by Crippen LogP contribution is -2.60. The van der Waals surface area contributed by atoms with Crippen molar-refractivity contribution in [1.82, 2.24) is 10.2 Å². The van der Waals surface area contributed by atoms with Crippen molar-refractivity contribution in [1.29, 1.82) is 0 Å². The van der Waals surface area contributed by atoms with E-state index in [1.165, 1.54) is 32.1 Å². The van der Waals surface area contributed by atoms with E-state index in [9.17, 15) is 5.11 Å². The molecular formula is C16H32N2O2. The molecule has 2 unspecified atom stereocenters. The number of hydrogen-bond donors (Lipinski definition) is 2. The number of aliphatic hydroxyl groups excluding tert-OH is 1. The topological polar surface area (TPSA) is 44.7 Å². The summed E-state index contributed by atoms with van der Waals surface area (Å²) in [7, 11) is 2.16. The molecule has 1 heterocycles. The third-order valence-electron chi connectivity index (χ3n) is 4.56. The van der Waals surface area contributed by atoms with E-state index in [0.717, 1.165) is 19.7 Å². The van der Waals surface area contributed by atoms with Gasteiger partial charge in [-0.3, -0.25) is 0 Å². The van der Waals surface area contributed by atoms with Crippen molar-refractivity contribution in [2.24, 2.45) is 5.92 Å². The Bertz CT molecular complexity index is 288. The highest BCUT2D eigenvalue weighted by atomic mass is 16.5. The predicted molar refractivity (Wildman–Crippen MR) is 81.9 cm³/mol. The summed E-state index contributed by atoms with van der Waals surface area (Å²) in [6, 6.07) is 0.405. The lowest BCUT2D eigenvalue weighted by molar-refractivity contribution is -0.0101. The minimum Gasteiger partial charge on any atom is -0.394 e. The molecule has 0 radical (unpaired) electrons. The van der Waals surface area contributed by atoms with Crippen molar-refractivity contribution in [3.05, 3.63) is 0 Å². The third kappa shape index (κ3) is 4.42. The fraction of sp³-hybridized carbons (Fsp3) is 1.00. The van der Waals surface area contributed by atoms with Gasteiger partial charge in [-0.1, -0.05) is 13.8 Å². The second-order valence-electron chi connectivity index (χ2n) is 7.07. The highest BCUT2D eigenvalue weighted by Crippen LogP contribution is 2.40. The smallest absolute Gasteiger partial charge is 0.0701 e. The number of likely N-dealkylation sites (N-methyl/N-ethyl adjacent to an activating group) is 1. The van der Waals surface area contributed by atoms with Crippen molar-refractivity contribution in [2.45, 2.75) is 63.6 Å². The van der Waals surface area contributed by atoms with Crippen molar-refractivity contribution in [3.63, 3.8) is 0 Å². The number of hydrogen-bond acceptors (Lipinski definition) is 4. The number of nitrogens with one attached hydrogen (secondary N) is 1. The molecule has 1 aliphatic heterocycles. The Morgan fingerprint density at radius 3 is 2.55 bits per heavy atom. The quantitative estimate of drug-likeness (QED) is 0.711. The first-order valence-electron chi connectivity index (χ1n) is 8.24. The van der Waals surface area contributed by atoms with E-state index in [1.807, 2.05) is 0 Å². The van der Waals surface area contributed by atoms with Crippen LogP contribution in [-0.4, -0.2) is 61.0 Å². The predicted octanol–water partition coefficient (Wildman–Crippen LogP) is 1.63. The summed E-state index contributed by atoms with van der Waals surface area (Å²) in [6.07, 6.45) is 6.54. The molecule has 0 aromatic heterocycles. The van der Waals surface area contributed by atoms with Gasteiger partial charge in [0.25, 0.3) is 0 Å². The highest BCUT2D eigenvalue weighted by molar-refractivity contribution is 5.03. The SMILES string of the molecule is CC(C)NC(CO)(CN(C)CC1CCCCO1)C1CC1. The van der Waals surface area contributed by atoms with Gasteiger partial charge in [0.2, 0.25) is 0 Å². The van der Waals surface area contributed by atoms with Crippen molar-refractivity contribution < 1.29 is 9.84 Å². The zero-order valence-corrected chi connectivity index (χ0v) is 13.4. The van der Waals surface area contributed by atoms with Gasteiger partial charge in [-0.2, -0.15) is 0 Å². The van der Waals surface area contributed by atoms with E-state index in [1.54, 1.807) is 0 Å². The molecule has 0 aromatic carbocycles. The molecule has 4 heteroatoms. The van der Waals surface area contributed by atoms with Gasteiger partial charge in [-0.15, -0.1) is 0 Å². The molecule has 0 aromatic rings. The van der Waals surface area contributed by atoms with E-state index in [4.69, 9.17) is 4.74 Å². The molecule has 2 aliphatic rings. The maximum absolute atomic E-state index is 9.97. The number of ether oxygens (including phenoxy) is 1. The Morgan fingerprint density at radius 1 is 1.30 bits per heavy atom. The normalized spacial score (nSPS) is 27.0. The Kier molecular flexibility index (Phi) is 5.84. The van der Waals surface area contributed by atoms with E-state index < -0.39 is 0 Å². The summed E-state index contributed by atoms with van der Waals surface area (Å²) in [5.74, 6) is 0.629. The maximum Gasteiger partial charge on any atom is 0.0701 e. The summed E-state index contributed by atoms with van der Waals surface area (Å²) in [6.45, 7) is 7.36. The molecule has 1 saturated heterocycles.